The summed E-state index contributed by atoms with van der Waals surface area (Å²) in [4.78, 5) is 15.8. The number of benzene rings is 2. The van der Waals surface area contributed by atoms with Gasteiger partial charge in [-0.3, -0.25) is 4.79 Å². The standard InChI is InChI=1S/C21H22N2O3S/c1-14-12-16-18(23-17-8-5-9-19(24)21(16)17)13-20(14)27(25,26)22-11-10-15-6-3-2-4-7-15/h2-4,6-7,12-13,22-23H,5,8-11H2,1H3. The molecule has 4 rings (SSSR count). The summed E-state index contributed by atoms with van der Waals surface area (Å²) >= 11 is 0. The third-order valence-corrected chi connectivity index (χ3v) is 6.72. The fourth-order valence-corrected chi connectivity index (χ4v) is 5.07. The van der Waals surface area contributed by atoms with Crippen molar-refractivity contribution < 1.29 is 13.2 Å². The molecule has 5 nitrogen and oxygen atoms in total. The van der Waals surface area contributed by atoms with Crippen LogP contribution in [-0.4, -0.2) is 25.7 Å². The maximum absolute atomic E-state index is 12.8. The molecular weight excluding hydrogens is 360 g/mol. The summed E-state index contributed by atoms with van der Waals surface area (Å²) in [6.07, 6.45) is 2.85. The van der Waals surface area contributed by atoms with E-state index in [-0.39, 0.29) is 10.7 Å². The molecule has 1 heterocycles. The van der Waals surface area contributed by atoms with Gasteiger partial charge in [0.15, 0.2) is 5.78 Å². The third-order valence-electron chi connectivity index (χ3n) is 5.12. The molecule has 0 radical (unpaired) electrons. The van der Waals surface area contributed by atoms with Crippen molar-refractivity contribution in [3.05, 3.63) is 64.8 Å². The Morgan fingerprint density at radius 2 is 1.89 bits per heavy atom. The van der Waals surface area contributed by atoms with Crippen molar-refractivity contribution in [1.29, 1.82) is 0 Å². The van der Waals surface area contributed by atoms with Gasteiger partial charge in [-0.1, -0.05) is 30.3 Å². The number of nitrogens with one attached hydrogen (secondary N) is 2. The van der Waals surface area contributed by atoms with Gasteiger partial charge in [0, 0.05) is 35.1 Å². The molecule has 1 aliphatic rings. The van der Waals surface area contributed by atoms with Crippen LogP contribution >= 0.6 is 0 Å². The van der Waals surface area contributed by atoms with E-state index in [1.807, 2.05) is 36.4 Å². The average molecular weight is 382 g/mol. The normalized spacial score (nSPS) is 14.5. The topological polar surface area (TPSA) is 79.0 Å². The second kappa shape index (κ2) is 6.94. The number of rotatable bonds is 5. The molecule has 140 valence electrons. The van der Waals surface area contributed by atoms with Crippen LogP contribution in [0.1, 0.15) is 40.0 Å². The number of fused-ring (bicyclic) bond motifs is 3. The molecule has 0 amide bonds. The molecule has 2 aromatic carbocycles. The molecule has 2 N–H and O–H groups in total. The lowest BCUT2D eigenvalue weighted by molar-refractivity contribution is 0.0974. The Kier molecular flexibility index (Phi) is 4.61. The van der Waals surface area contributed by atoms with Crippen LogP contribution in [0.15, 0.2) is 47.4 Å². The summed E-state index contributed by atoms with van der Waals surface area (Å²) in [5.41, 5.74) is 4.11. The Labute approximate surface area is 158 Å². The van der Waals surface area contributed by atoms with E-state index in [9.17, 15) is 13.2 Å². The van der Waals surface area contributed by atoms with E-state index in [1.165, 1.54) is 0 Å². The summed E-state index contributed by atoms with van der Waals surface area (Å²) in [6.45, 7) is 2.11. The van der Waals surface area contributed by atoms with E-state index in [4.69, 9.17) is 0 Å². The molecule has 0 saturated heterocycles. The highest BCUT2D eigenvalue weighted by Crippen LogP contribution is 2.32. The van der Waals surface area contributed by atoms with Crippen LogP contribution in [0.25, 0.3) is 10.9 Å². The lowest BCUT2D eigenvalue weighted by Gasteiger charge is -2.11. The van der Waals surface area contributed by atoms with Gasteiger partial charge in [0.2, 0.25) is 10.0 Å². The highest BCUT2D eigenvalue weighted by Gasteiger charge is 2.25. The molecule has 6 heteroatoms. The zero-order valence-electron chi connectivity index (χ0n) is 15.2. The molecule has 1 aromatic heterocycles. The maximum atomic E-state index is 12.8. The van der Waals surface area contributed by atoms with Crippen molar-refractivity contribution in [1.82, 2.24) is 9.71 Å². The zero-order chi connectivity index (χ0) is 19.0. The minimum atomic E-state index is -3.62. The van der Waals surface area contributed by atoms with Gasteiger partial charge in [0.25, 0.3) is 0 Å². The van der Waals surface area contributed by atoms with Gasteiger partial charge < -0.3 is 4.98 Å². The van der Waals surface area contributed by atoms with Crippen molar-refractivity contribution in [2.45, 2.75) is 37.5 Å². The predicted octanol–water partition coefficient (Wildman–Crippen LogP) is 3.52. The Hall–Kier alpha value is -2.44. The fraction of sp³-hybridized carbons (Fsp3) is 0.286. The number of hydrogen-bond acceptors (Lipinski definition) is 3. The zero-order valence-corrected chi connectivity index (χ0v) is 16.0. The van der Waals surface area contributed by atoms with Crippen LogP contribution in [0.3, 0.4) is 0 Å². The Morgan fingerprint density at radius 1 is 1.11 bits per heavy atom. The summed E-state index contributed by atoms with van der Waals surface area (Å²) in [6, 6.07) is 13.2. The van der Waals surface area contributed by atoms with Gasteiger partial charge in [0.05, 0.1) is 4.90 Å². The van der Waals surface area contributed by atoms with E-state index in [0.29, 0.717) is 30.5 Å². The molecule has 0 spiro atoms. The first-order chi connectivity index (χ1) is 13.0. The van der Waals surface area contributed by atoms with Crippen molar-refractivity contribution in [2.75, 3.05) is 6.54 Å². The molecule has 0 unspecified atom stereocenters. The third kappa shape index (κ3) is 3.42. The minimum absolute atomic E-state index is 0.137. The smallest absolute Gasteiger partial charge is 0.240 e. The second-order valence-electron chi connectivity index (χ2n) is 7.05. The van der Waals surface area contributed by atoms with Crippen LogP contribution in [0.5, 0.6) is 0 Å². The quantitative estimate of drug-likeness (QED) is 0.709. The molecule has 0 fully saturated rings. The SMILES string of the molecule is Cc1cc2c3c([nH]c2cc1S(=O)(=O)NCCc1ccccc1)CCCC3=O. The Morgan fingerprint density at radius 3 is 2.67 bits per heavy atom. The predicted molar refractivity (Wildman–Crippen MR) is 106 cm³/mol. The first-order valence-corrected chi connectivity index (χ1v) is 10.7. The van der Waals surface area contributed by atoms with Crippen LogP contribution in [0, 0.1) is 6.92 Å². The van der Waals surface area contributed by atoms with Crippen molar-refractivity contribution >= 4 is 26.7 Å². The number of hydrogen-bond donors (Lipinski definition) is 2. The number of H-pyrrole nitrogens is 1. The first kappa shape index (κ1) is 17.9. The highest BCUT2D eigenvalue weighted by atomic mass is 32.2. The number of carbonyl (C=O) groups is 1. The number of sulfonamides is 1. The lowest BCUT2D eigenvalue weighted by atomic mass is 9.94. The summed E-state index contributed by atoms with van der Waals surface area (Å²) in [7, 11) is -3.62. The number of aryl methyl sites for hydroxylation is 2. The van der Waals surface area contributed by atoms with Crippen LogP contribution in [0.4, 0.5) is 0 Å². The van der Waals surface area contributed by atoms with Crippen LogP contribution in [-0.2, 0) is 22.9 Å². The van der Waals surface area contributed by atoms with E-state index >= 15 is 0 Å². The lowest BCUT2D eigenvalue weighted by Crippen LogP contribution is -2.26. The van der Waals surface area contributed by atoms with E-state index < -0.39 is 10.0 Å². The average Bonchev–Trinajstić information content (AvgIpc) is 3.00. The van der Waals surface area contributed by atoms with Gasteiger partial charge in [0.1, 0.15) is 0 Å². The first-order valence-electron chi connectivity index (χ1n) is 9.18. The van der Waals surface area contributed by atoms with Gasteiger partial charge in [-0.05, 0) is 49.4 Å². The summed E-state index contributed by atoms with van der Waals surface area (Å²) < 4.78 is 28.3. The van der Waals surface area contributed by atoms with Crippen molar-refractivity contribution in [3.63, 3.8) is 0 Å². The maximum Gasteiger partial charge on any atom is 0.240 e. The van der Waals surface area contributed by atoms with Crippen LogP contribution in [0.2, 0.25) is 0 Å². The highest BCUT2D eigenvalue weighted by molar-refractivity contribution is 7.89. The van der Waals surface area contributed by atoms with Gasteiger partial charge in [-0.15, -0.1) is 0 Å². The molecule has 1 aliphatic carbocycles. The molecule has 0 aliphatic heterocycles. The molecule has 0 atom stereocenters. The van der Waals surface area contributed by atoms with E-state index in [0.717, 1.165) is 35.0 Å². The Bertz CT molecular complexity index is 1120. The van der Waals surface area contributed by atoms with Crippen molar-refractivity contribution in [2.24, 2.45) is 0 Å². The largest absolute Gasteiger partial charge is 0.358 e. The fourth-order valence-electron chi connectivity index (χ4n) is 3.78. The number of aromatic amines is 1. The number of aromatic nitrogens is 1. The molecule has 27 heavy (non-hydrogen) atoms. The molecular formula is C21H22N2O3S. The van der Waals surface area contributed by atoms with Gasteiger partial charge >= 0.3 is 0 Å². The summed E-state index contributed by atoms with van der Waals surface area (Å²) in [5.74, 6) is 0.137. The number of Topliss-reactive ketones (excluding diaryl/α,β-unsaturated/α-hetero) is 1. The molecule has 3 aromatic rings. The Balaban J connectivity index is 1.62. The van der Waals surface area contributed by atoms with Crippen molar-refractivity contribution in [3.8, 4) is 0 Å². The monoisotopic (exact) mass is 382 g/mol. The second-order valence-corrected chi connectivity index (χ2v) is 8.79. The molecule has 0 bridgehead atoms. The number of ketones is 1. The number of carbonyl (C=O) groups excluding carboxylic acids is 1. The van der Waals surface area contributed by atoms with E-state index in [2.05, 4.69) is 9.71 Å². The van der Waals surface area contributed by atoms with Gasteiger partial charge in [-0.25, -0.2) is 13.1 Å². The summed E-state index contributed by atoms with van der Waals surface area (Å²) in [5, 5.41) is 0.829. The van der Waals surface area contributed by atoms with E-state index in [1.54, 1.807) is 13.0 Å². The minimum Gasteiger partial charge on any atom is -0.358 e. The van der Waals surface area contributed by atoms with Gasteiger partial charge in [-0.2, -0.15) is 0 Å². The van der Waals surface area contributed by atoms with Crippen LogP contribution < -0.4 is 4.72 Å². The molecule has 0 saturated carbocycles.